The van der Waals surface area contributed by atoms with Gasteiger partial charge in [0.05, 0.1) is 18.8 Å². The number of halogens is 2. The number of ether oxygens (including phenoxy) is 1. The van der Waals surface area contributed by atoms with E-state index in [1.54, 1.807) is 23.4 Å². The van der Waals surface area contributed by atoms with Gasteiger partial charge in [0.25, 0.3) is 10.2 Å². The molecule has 2 aliphatic rings. The van der Waals surface area contributed by atoms with E-state index in [4.69, 9.17) is 21.3 Å². The molecule has 170 valence electrons. The summed E-state index contributed by atoms with van der Waals surface area (Å²) < 4.78 is 48.1. The normalized spacial score (nSPS) is 20.8. The molecule has 0 aliphatic carbocycles. The lowest BCUT2D eigenvalue weighted by molar-refractivity contribution is -0.139. The van der Waals surface area contributed by atoms with Crippen molar-refractivity contribution >= 4 is 45.0 Å². The van der Waals surface area contributed by atoms with E-state index in [1.165, 1.54) is 23.5 Å². The Kier molecular flexibility index (Phi) is 6.58. The first-order valence-electron chi connectivity index (χ1n) is 9.65. The first-order chi connectivity index (χ1) is 15.3. The molecule has 1 aromatic heterocycles. The van der Waals surface area contributed by atoms with Gasteiger partial charge in [0.1, 0.15) is 11.9 Å². The summed E-state index contributed by atoms with van der Waals surface area (Å²) in [6, 6.07) is 2.99. The van der Waals surface area contributed by atoms with Crippen LogP contribution in [-0.4, -0.2) is 49.9 Å². The quantitative estimate of drug-likeness (QED) is 0.624. The van der Waals surface area contributed by atoms with Gasteiger partial charge in [-0.2, -0.15) is 13.1 Å². The number of hydrogen-bond donors (Lipinski definition) is 2. The number of nitrogens with zero attached hydrogens (tertiary/aromatic N) is 3. The van der Waals surface area contributed by atoms with Gasteiger partial charge in [-0.15, -0.1) is 11.3 Å². The van der Waals surface area contributed by atoms with Crippen LogP contribution in [-0.2, 0) is 19.7 Å². The molecule has 2 aromatic rings. The minimum absolute atomic E-state index is 0.0408. The van der Waals surface area contributed by atoms with Gasteiger partial charge in [-0.3, -0.25) is 4.99 Å². The molecule has 1 atom stereocenters. The van der Waals surface area contributed by atoms with E-state index in [1.807, 2.05) is 0 Å². The Labute approximate surface area is 193 Å². The highest BCUT2D eigenvalue weighted by molar-refractivity contribution is 7.87. The van der Waals surface area contributed by atoms with Gasteiger partial charge in [0.2, 0.25) is 0 Å². The van der Waals surface area contributed by atoms with Gasteiger partial charge < -0.3 is 9.64 Å². The Bertz CT molecular complexity index is 1200. The number of benzene rings is 1. The topological polar surface area (TPSA) is 113 Å². The number of carbonyl (C=O) groups is 1. The van der Waals surface area contributed by atoms with Gasteiger partial charge in [0, 0.05) is 40.8 Å². The highest BCUT2D eigenvalue weighted by Crippen LogP contribution is 2.40. The van der Waals surface area contributed by atoms with Gasteiger partial charge >= 0.3 is 5.97 Å². The van der Waals surface area contributed by atoms with Gasteiger partial charge in [-0.05, 0) is 19.1 Å². The van der Waals surface area contributed by atoms with Crippen LogP contribution < -0.4 is 9.44 Å². The number of aliphatic imine (C=N–C) groups is 1. The molecule has 0 amide bonds. The number of thiazole rings is 1. The lowest BCUT2D eigenvalue weighted by Crippen LogP contribution is -2.50. The Balaban J connectivity index is 1.93. The number of hydrogen-bond acceptors (Lipinski definition) is 8. The van der Waals surface area contributed by atoms with Crippen molar-refractivity contribution in [2.45, 2.75) is 19.4 Å². The van der Waals surface area contributed by atoms with E-state index >= 15 is 0 Å². The molecule has 3 heterocycles. The molecule has 0 radical (unpaired) electrons. The van der Waals surface area contributed by atoms with E-state index < -0.39 is 28.0 Å². The molecule has 2 N–H and O–H groups in total. The van der Waals surface area contributed by atoms with E-state index in [0.29, 0.717) is 22.1 Å². The maximum atomic E-state index is 13.7. The van der Waals surface area contributed by atoms with Crippen LogP contribution in [0.5, 0.6) is 0 Å². The number of amidine groups is 1. The van der Waals surface area contributed by atoms with Crippen molar-refractivity contribution in [2.24, 2.45) is 4.99 Å². The largest absolute Gasteiger partial charge is 0.463 e. The summed E-state index contributed by atoms with van der Waals surface area (Å²) in [7, 11) is -3.73. The molecule has 1 saturated heterocycles. The number of aromatic nitrogens is 1. The van der Waals surface area contributed by atoms with Crippen LogP contribution in [0.15, 0.2) is 46.0 Å². The van der Waals surface area contributed by atoms with Crippen LogP contribution >= 0.6 is 22.9 Å². The van der Waals surface area contributed by atoms with Crippen LogP contribution in [0.1, 0.15) is 30.0 Å². The fourth-order valence-corrected chi connectivity index (χ4v) is 5.21. The summed E-state index contributed by atoms with van der Waals surface area (Å²) in [5.41, 5.74) is 1.15. The van der Waals surface area contributed by atoms with E-state index in [2.05, 4.69) is 14.4 Å². The monoisotopic (exact) mass is 499 g/mol. The summed E-state index contributed by atoms with van der Waals surface area (Å²) >= 11 is 7.65. The minimum atomic E-state index is -3.73. The van der Waals surface area contributed by atoms with Crippen LogP contribution in [0.25, 0.3) is 0 Å². The third kappa shape index (κ3) is 4.55. The van der Waals surface area contributed by atoms with E-state index in [9.17, 15) is 17.6 Å². The smallest absolute Gasteiger partial charge is 0.338 e. The molecule has 1 aromatic carbocycles. The average molecular weight is 500 g/mol. The van der Waals surface area contributed by atoms with Crippen molar-refractivity contribution in [1.82, 2.24) is 19.3 Å². The third-order valence-corrected chi connectivity index (χ3v) is 7.05. The number of fused-ring (bicyclic) bond motifs is 1. The van der Waals surface area contributed by atoms with Gasteiger partial charge in [-0.25, -0.2) is 18.9 Å². The SMILES string of the molecule is CCOC(=O)C1=C2CCNS(=O)(=O)NCN2C(c2nccs2)=N[C@H]1c1ccc(F)cc1Cl. The molecule has 13 heteroatoms. The molecule has 9 nitrogen and oxygen atoms in total. The Morgan fingerprint density at radius 1 is 1.41 bits per heavy atom. The molecular formula is C19H19ClFN5O4S2. The van der Waals surface area contributed by atoms with Crippen LogP contribution in [0, 0.1) is 5.82 Å². The van der Waals surface area contributed by atoms with Gasteiger partial charge in [-0.1, -0.05) is 17.7 Å². The fourth-order valence-electron chi connectivity index (χ4n) is 3.52. The van der Waals surface area contributed by atoms with E-state index in [-0.39, 0.29) is 36.8 Å². The zero-order chi connectivity index (χ0) is 22.9. The van der Waals surface area contributed by atoms with Gasteiger partial charge in [0.15, 0.2) is 10.8 Å². The lowest BCUT2D eigenvalue weighted by Gasteiger charge is -2.37. The Morgan fingerprint density at radius 2 is 2.22 bits per heavy atom. The molecule has 0 bridgehead atoms. The maximum Gasteiger partial charge on any atom is 0.338 e. The molecule has 0 spiro atoms. The summed E-state index contributed by atoms with van der Waals surface area (Å²) in [5.74, 6) is -0.753. The molecule has 4 rings (SSSR count). The summed E-state index contributed by atoms with van der Waals surface area (Å²) in [6.07, 6.45) is 1.79. The molecular weight excluding hydrogens is 481 g/mol. The predicted octanol–water partition coefficient (Wildman–Crippen LogP) is 2.34. The summed E-state index contributed by atoms with van der Waals surface area (Å²) in [5, 5.41) is 2.40. The first kappa shape index (κ1) is 22.8. The second-order valence-corrected chi connectivity index (χ2v) is 9.70. The molecule has 0 unspecified atom stereocenters. The fraction of sp³-hybridized carbons (Fsp3) is 0.316. The number of rotatable bonds is 4. The molecule has 2 aliphatic heterocycles. The zero-order valence-corrected chi connectivity index (χ0v) is 19.2. The second-order valence-electron chi connectivity index (χ2n) is 6.82. The van der Waals surface area contributed by atoms with Crippen molar-refractivity contribution in [3.8, 4) is 0 Å². The predicted molar refractivity (Wildman–Crippen MR) is 118 cm³/mol. The third-order valence-electron chi connectivity index (χ3n) is 4.86. The minimum Gasteiger partial charge on any atom is -0.463 e. The molecule has 0 saturated carbocycles. The molecule has 1 fully saturated rings. The van der Waals surface area contributed by atoms with Crippen molar-refractivity contribution < 1.29 is 22.3 Å². The lowest BCUT2D eigenvalue weighted by atomic mass is 9.93. The number of nitrogens with one attached hydrogen (secondary N) is 2. The van der Waals surface area contributed by atoms with Crippen LogP contribution in [0.4, 0.5) is 4.39 Å². The van der Waals surface area contributed by atoms with E-state index in [0.717, 1.165) is 6.07 Å². The van der Waals surface area contributed by atoms with Crippen LogP contribution in [0.3, 0.4) is 0 Å². The molecule has 32 heavy (non-hydrogen) atoms. The second kappa shape index (κ2) is 9.24. The number of carbonyl (C=O) groups excluding carboxylic acids is 1. The summed E-state index contributed by atoms with van der Waals surface area (Å²) in [6.45, 7) is 1.68. The maximum absolute atomic E-state index is 13.7. The zero-order valence-electron chi connectivity index (χ0n) is 16.8. The standard InChI is InChI=1S/C19H19ClFN5O4S2/c1-2-30-19(27)15-14-5-6-23-32(28,29)24-10-26(14)17(18-22-7-8-31-18)25-16(15)12-4-3-11(21)9-13(12)20/h3-4,7-9,16,23-24H,2,5-6,10H2,1H3/t16-/m0/s1. The van der Waals surface area contributed by atoms with Crippen LogP contribution in [0.2, 0.25) is 5.02 Å². The summed E-state index contributed by atoms with van der Waals surface area (Å²) in [4.78, 5) is 23.7. The first-order valence-corrected chi connectivity index (χ1v) is 12.4. The Morgan fingerprint density at radius 3 is 2.91 bits per heavy atom. The van der Waals surface area contributed by atoms with Crippen molar-refractivity contribution in [2.75, 3.05) is 19.8 Å². The van der Waals surface area contributed by atoms with Crippen molar-refractivity contribution in [3.63, 3.8) is 0 Å². The Hall–Kier alpha value is -2.38. The highest BCUT2D eigenvalue weighted by Gasteiger charge is 2.38. The van der Waals surface area contributed by atoms with Crippen molar-refractivity contribution in [1.29, 1.82) is 0 Å². The average Bonchev–Trinajstić information content (AvgIpc) is 3.25. The number of esters is 1. The highest BCUT2D eigenvalue weighted by atomic mass is 35.5. The van der Waals surface area contributed by atoms with Crippen molar-refractivity contribution in [3.05, 3.63) is 62.5 Å².